The molecule has 3 rings (SSSR count). The van der Waals surface area contributed by atoms with Crippen molar-refractivity contribution >= 4 is 17.5 Å². The van der Waals surface area contributed by atoms with Gasteiger partial charge in [-0.3, -0.25) is 9.69 Å². The van der Waals surface area contributed by atoms with Crippen molar-refractivity contribution in [3.05, 3.63) is 64.9 Å². The second-order valence-electron chi connectivity index (χ2n) is 5.89. The van der Waals surface area contributed by atoms with E-state index in [9.17, 15) is 9.18 Å². The molecule has 1 heterocycles. The van der Waals surface area contributed by atoms with Crippen molar-refractivity contribution in [2.24, 2.45) is 0 Å². The SMILES string of the molecule is O=C(c1c(F)cccc1Cl)N1CCN(CCOc2ccccc2)CC1. The molecule has 0 unspecified atom stereocenters. The lowest BCUT2D eigenvalue weighted by atomic mass is 10.1. The standard InChI is InChI=1S/C19H20ClFN2O2/c20-16-7-4-8-17(21)18(16)19(24)23-11-9-22(10-12-23)13-14-25-15-5-2-1-3-6-15/h1-8H,9-14H2. The fourth-order valence-electron chi connectivity index (χ4n) is 2.84. The summed E-state index contributed by atoms with van der Waals surface area (Å²) < 4.78 is 19.6. The van der Waals surface area contributed by atoms with Gasteiger partial charge in [0.25, 0.3) is 5.91 Å². The van der Waals surface area contributed by atoms with E-state index in [1.165, 1.54) is 18.2 Å². The van der Waals surface area contributed by atoms with E-state index in [4.69, 9.17) is 16.3 Å². The molecule has 6 heteroatoms. The predicted octanol–water partition coefficient (Wildman–Crippen LogP) is 3.32. The van der Waals surface area contributed by atoms with E-state index in [-0.39, 0.29) is 16.5 Å². The molecule has 0 N–H and O–H groups in total. The Kier molecular flexibility index (Phi) is 5.89. The number of rotatable bonds is 5. The summed E-state index contributed by atoms with van der Waals surface area (Å²) in [6.07, 6.45) is 0. The van der Waals surface area contributed by atoms with Gasteiger partial charge < -0.3 is 9.64 Å². The maximum atomic E-state index is 13.9. The number of nitrogens with zero attached hydrogens (tertiary/aromatic N) is 2. The van der Waals surface area contributed by atoms with Crippen LogP contribution in [0, 0.1) is 5.82 Å². The zero-order valence-electron chi connectivity index (χ0n) is 13.8. The molecule has 1 fully saturated rings. The first-order chi connectivity index (χ1) is 12.1. The Labute approximate surface area is 151 Å². The predicted molar refractivity (Wildman–Crippen MR) is 95.7 cm³/mol. The Bertz CT molecular complexity index is 698. The average molecular weight is 363 g/mol. The second kappa shape index (κ2) is 8.32. The Hall–Kier alpha value is -2.11. The van der Waals surface area contributed by atoms with Crippen molar-refractivity contribution in [1.29, 1.82) is 0 Å². The van der Waals surface area contributed by atoms with Gasteiger partial charge in [-0.1, -0.05) is 35.9 Å². The summed E-state index contributed by atoms with van der Waals surface area (Å²) in [6, 6.07) is 14.0. The van der Waals surface area contributed by atoms with Crippen LogP contribution in [-0.4, -0.2) is 55.0 Å². The van der Waals surface area contributed by atoms with Crippen molar-refractivity contribution in [2.45, 2.75) is 0 Å². The Morgan fingerprint density at radius 2 is 1.76 bits per heavy atom. The molecular weight excluding hydrogens is 343 g/mol. The minimum atomic E-state index is -0.573. The minimum absolute atomic E-state index is 0.0370. The molecule has 132 valence electrons. The van der Waals surface area contributed by atoms with E-state index in [0.717, 1.165) is 25.4 Å². The molecule has 0 aliphatic carbocycles. The summed E-state index contributed by atoms with van der Waals surface area (Å²) in [4.78, 5) is 16.4. The van der Waals surface area contributed by atoms with Crippen LogP contribution in [0.3, 0.4) is 0 Å². The molecule has 0 bridgehead atoms. The van der Waals surface area contributed by atoms with Crippen LogP contribution in [-0.2, 0) is 0 Å². The Morgan fingerprint density at radius 1 is 1.04 bits per heavy atom. The Morgan fingerprint density at radius 3 is 2.44 bits per heavy atom. The van der Waals surface area contributed by atoms with Gasteiger partial charge >= 0.3 is 0 Å². The van der Waals surface area contributed by atoms with Crippen LogP contribution >= 0.6 is 11.6 Å². The molecule has 2 aromatic rings. The molecule has 1 aliphatic heterocycles. The van der Waals surface area contributed by atoms with Crippen molar-refractivity contribution in [3.8, 4) is 5.75 Å². The number of amides is 1. The van der Waals surface area contributed by atoms with E-state index in [1.54, 1.807) is 4.90 Å². The maximum absolute atomic E-state index is 13.9. The zero-order chi connectivity index (χ0) is 17.6. The Balaban J connectivity index is 1.48. The first-order valence-corrected chi connectivity index (χ1v) is 8.66. The van der Waals surface area contributed by atoms with Gasteiger partial charge in [0.2, 0.25) is 0 Å². The number of carbonyl (C=O) groups is 1. The quantitative estimate of drug-likeness (QED) is 0.818. The molecule has 0 radical (unpaired) electrons. The summed E-state index contributed by atoms with van der Waals surface area (Å²) in [5.41, 5.74) is -0.0370. The number of ether oxygens (including phenoxy) is 1. The number of halogens is 2. The monoisotopic (exact) mass is 362 g/mol. The molecule has 1 saturated heterocycles. The molecule has 0 spiro atoms. The highest BCUT2D eigenvalue weighted by Gasteiger charge is 2.25. The number of carbonyl (C=O) groups excluding carboxylic acids is 1. The summed E-state index contributed by atoms with van der Waals surface area (Å²) >= 11 is 5.98. The van der Waals surface area contributed by atoms with Crippen LogP contribution in [0.1, 0.15) is 10.4 Å². The lowest BCUT2D eigenvalue weighted by Crippen LogP contribution is -2.49. The van der Waals surface area contributed by atoms with Gasteiger partial charge in [-0.05, 0) is 24.3 Å². The summed E-state index contributed by atoms with van der Waals surface area (Å²) in [7, 11) is 0. The van der Waals surface area contributed by atoms with Crippen LogP contribution in [0.4, 0.5) is 4.39 Å². The second-order valence-corrected chi connectivity index (χ2v) is 6.30. The van der Waals surface area contributed by atoms with E-state index in [2.05, 4.69) is 4.90 Å². The lowest BCUT2D eigenvalue weighted by molar-refractivity contribution is 0.0616. The molecule has 0 saturated carbocycles. The number of piperazine rings is 1. The van der Waals surface area contributed by atoms with Crippen LogP contribution in [0.25, 0.3) is 0 Å². The normalized spacial score (nSPS) is 15.2. The van der Waals surface area contributed by atoms with Gasteiger partial charge in [-0.25, -0.2) is 4.39 Å². The summed E-state index contributed by atoms with van der Waals surface area (Å²) in [5.74, 6) is -0.0648. The van der Waals surface area contributed by atoms with Gasteiger partial charge in [0, 0.05) is 32.7 Å². The topological polar surface area (TPSA) is 32.8 Å². The zero-order valence-corrected chi connectivity index (χ0v) is 14.6. The van der Waals surface area contributed by atoms with Crippen molar-refractivity contribution in [3.63, 3.8) is 0 Å². The number of benzene rings is 2. The van der Waals surface area contributed by atoms with E-state index in [1.807, 2.05) is 30.3 Å². The van der Waals surface area contributed by atoms with E-state index in [0.29, 0.717) is 19.7 Å². The fourth-order valence-corrected chi connectivity index (χ4v) is 3.09. The maximum Gasteiger partial charge on any atom is 0.258 e. The van der Waals surface area contributed by atoms with Gasteiger partial charge in [0.1, 0.15) is 18.2 Å². The van der Waals surface area contributed by atoms with Gasteiger partial charge in [-0.15, -0.1) is 0 Å². The largest absolute Gasteiger partial charge is 0.492 e. The number of hydrogen-bond acceptors (Lipinski definition) is 3. The molecule has 1 aliphatic rings. The van der Waals surface area contributed by atoms with E-state index < -0.39 is 5.82 Å². The van der Waals surface area contributed by atoms with Crippen molar-refractivity contribution in [1.82, 2.24) is 9.80 Å². The van der Waals surface area contributed by atoms with Gasteiger partial charge in [0.15, 0.2) is 0 Å². The third-order valence-corrected chi connectivity index (χ3v) is 4.57. The van der Waals surface area contributed by atoms with Crippen LogP contribution in [0.2, 0.25) is 5.02 Å². The summed E-state index contributed by atoms with van der Waals surface area (Å²) in [6.45, 7) is 3.95. The number of para-hydroxylation sites is 1. The molecular formula is C19H20ClFN2O2. The first kappa shape index (κ1) is 17.7. The molecule has 4 nitrogen and oxygen atoms in total. The highest BCUT2D eigenvalue weighted by molar-refractivity contribution is 6.33. The van der Waals surface area contributed by atoms with Crippen LogP contribution < -0.4 is 4.74 Å². The first-order valence-electron chi connectivity index (χ1n) is 8.28. The van der Waals surface area contributed by atoms with E-state index >= 15 is 0 Å². The van der Waals surface area contributed by atoms with Gasteiger partial charge in [0.05, 0.1) is 10.6 Å². The third kappa shape index (κ3) is 4.50. The highest BCUT2D eigenvalue weighted by Crippen LogP contribution is 2.21. The smallest absolute Gasteiger partial charge is 0.258 e. The summed E-state index contributed by atoms with van der Waals surface area (Å²) in [5, 5.41) is 0.156. The fraction of sp³-hybridized carbons (Fsp3) is 0.316. The third-order valence-electron chi connectivity index (χ3n) is 4.26. The molecule has 0 aromatic heterocycles. The van der Waals surface area contributed by atoms with Gasteiger partial charge in [-0.2, -0.15) is 0 Å². The molecule has 25 heavy (non-hydrogen) atoms. The highest BCUT2D eigenvalue weighted by atomic mass is 35.5. The lowest BCUT2D eigenvalue weighted by Gasteiger charge is -2.34. The molecule has 0 atom stereocenters. The van der Waals surface area contributed by atoms with Crippen LogP contribution in [0.15, 0.2) is 48.5 Å². The number of hydrogen-bond donors (Lipinski definition) is 0. The van der Waals surface area contributed by atoms with Crippen LogP contribution in [0.5, 0.6) is 5.75 Å². The van der Waals surface area contributed by atoms with Crippen molar-refractivity contribution in [2.75, 3.05) is 39.3 Å². The molecule has 2 aromatic carbocycles. The average Bonchev–Trinajstić information content (AvgIpc) is 2.63. The van der Waals surface area contributed by atoms with Crippen molar-refractivity contribution < 1.29 is 13.9 Å². The molecule has 1 amide bonds. The minimum Gasteiger partial charge on any atom is -0.492 e.